The number of benzene rings is 1. The van der Waals surface area contributed by atoms with Gasteiger partial charge in [0.1, 0.15) is 5.82 Å². The van der Waals surface area contributed by atoms with Crippen LogP contribution in [0.2, 0.25) is 0 Å². The topological polar surface area (TPSA) is 89.0 Å². The van der Waals surface area contributed by atoms with Gasteiger partial charge in [-0.2, -0.15) is 0 Å². The molecule has 2 aliphatic rings. The summed E-state index contributed by atoms with van der Waals surface area (Å²) in [4.78, 5) is 9.56. The van der Waals surface area contributed by atoms with Crippen LogP contribution in [0.25, 0.3) is 0 Å². The van der Waals surface area contributed by atoms with Crippen LogP contribution in [0, 0.1) is 0 Å². The van der Waals surface area contributed by atoms with Crippen molar-refractivity contribution in [1.82, 2.24) is 35.0 Å². The van der Waals surface area contributed by atoms with Crippen LogP contribution in [0.4, 0.5) is 5.82 Å². The third kappa shape index (κ3) is 4.45. The summed E-state index contributed by atoms with van der Waals surface area (Å²) in [5.41, 5.74) is 8.13. The Morgan fingerprint density at radius 3 is 2.58 bits per heavy atom. The van der Waals surface area contributed by atoms with Crippen molar-refractivity contribution in [1.29, 1.82) is 0 Å². The first-order chi connectivity index (χ1) is 15.3. The normalized spacial score (nSPS) is 19.6. The van der Waals surface area contributed by atoms with Crippen LogP contribution in [-0.4, -0.2) is 67.2 Å². The number of rotatable bonds is 6. The van der Waals surface area contributed by atoms with E-state index in [9.17, 15) is 0 Å². The quantitative estimate of drug-likeness (QED) is 0.657. The summed E-state index contributed by atoms with van der Waals surface area (Å²) in [6.07, 6.45) is 7.09. The van der Waals surface area contributed by atoms with E-state index in [1.54, 1.807) is 0 Å². The zero-order valence-corrected chi connectivity index (χ0v) is 17.8. The van der Waals surface area contributed by atoms with Gasteiger partial charge in [-0.3, -0.25) is 9.80 Å². The van der Waals surface area contributed by atoms with E-state index in [1.165, 1.54) is 31.4 Å². The highest BCUT2D eigenvalue weighted by atomic mass is 15.5. The maximum atomic E-state index is 5.88. The van der Waals surface area contributed by atoms with E-state index in [4.69, 9.17) is 5.73 Å². The van der Waals surface area contributed by atoms with Crippen molar-refractivity contribution in [2.45, 2.75) is 44.3 Å². The Morgan fingerprint density at radius 2 is 1.84 bits per heavy atom. The van der Waals surface area contributed by atoms with Crippen LogP contribution >= 0.6 is 0 Å². The largest absolute Gasteiger partial charge is 0.384 e. The van der Waals surface area contributed by atoms with Crippen molar-refractivity contribution in [2.75, 3.05) is 31.9 Å². The highest BCUT2D eigenvalue weighted by Crippen LogP contribution is 2.30. The van der Waals surface area contributed by atoms with Crippen LogP contribution in [-0.2, 0) is 6.54 Å². The van der Waals surface area contributed by atoms with Crippen molar-refractivity contribution in [3.63, 3.8) is 0 Å². The summed E-state index contributed by atoms with van der Waals surface area (Å²) in [6, 6.07) is 15.0. The molecule has 2 fully saturated rings. The molecule has 0 amide bonds. The second-order valence-corrected chi connectivity index (χ2v) is 8.61. The molecule has 1 atom stereocenters. The second-order valence-electron chi connectivity index (χ2n) is 8.61. The molecule has 0 radical (unpaired) electrons. The molecule has 3 heterocycles. The van der Waals surface area contributed by atoms with Crippen LogP contribution < -0.4 is 5.73 Å². The fourth-order valence-electron chi connectivity index (χ4n) is 4.71. The van der Waals surface area contributed by atoms with E-state index in [1.807, 2.05) is 35.1 Å². The van der Waals surface area contributed by atoms with E-state index in [2.05, 4.69) is 48.5 Å². The maximum absolute atomic E-state index is 5.88. The van der Waals surface area contributed by atoms with Crippen LogP contribution in [0.1, 0.15) is 48.7 Å². The van der Waals surface area contributed by atoms with Gasteiger partial charge in [-0.15, -0.1) is 5.10 Å². The molecule has 8 nitrogen and oxygen atoms in total. The van der Waals surface area contributed by atoms with Crippen molar-refractivity contribution in [3.8, 4) is 0 Å². The molecule has 1 aliphatic heterocycles. The third-order valence-corrected chi connectivity index (χ3v) is 6.63. The summed E-state index contributed by atoms with van der Waals surface area (Å²) < 4.78 is 1.92. The molecule has 2 aromatic heterocycles. The van der Waals surface area contributed by atoms with Gasteiger partial charge >= 0.3 is 0 Å². The first kappa shape index (κ1) is 20.1. The van der Waals surface area contributed by atoms with E-state index in [-0.39, 0.29) is 6.04 Å². The fraction of sp³-hybridized carbons (Fsp3) is 0.478. The standard InChI is InChI=1S/C23H30N8/c24-21-11-10-19(16-25-21)22(30-13-5-12-29(14-15-30)20-8-4-9-20)23-26-27-28-31(23)17-18-6-2-1-3-7-18/h1-3,6-7,10-11,16,20,22H,4-5,8-9,12-15,17H2,(H2,24,25). The average molecular weight is 419 g/mol. The predicted octanol–water partition coefficient (Wildman–Crippen LogP) is 2.35. The molecule has 1 aromatic carbocycles. The lowest BCUT2D eigenvalue weighted by atomic mass is 9.91. The molecule has 8 heteroatoms. The molecule has 1 unspecified atom stereocenters. The molecular formula is C23H30N8. The first-order valence-electron chi connectivity index (χ1n) is 11.3. The number of nitrogen functional groups attached to an aromatic ring is 1. The van der Waals surface area contributed by atoms with Crippen molar-refractivity contribution in [2.24, 2.45) is 0 Å². The van der Waals surface area contributed by atoms with Gasteiger partial charge in [0.05, 0.1) is 12.6 Å². The van der Waals surface area contributed by atoms with Gasteiger partial charge in [0.25, 0.3) is 0 Å². The minimum absolute atomic E-state index is 0.0480. The van der Waals surface area contributed by atoms with Crippen molar-refractivity contribution >= 4 is 5.82 Å². The zero-order chi connectivity index (χ0) is 21.0. The van der Waals surface area contributed by atoms with Gasteiger partial charge in [-0.05, 0) is 53.4 Å². The number of tetrazole rings is 1. The third-order valence-electron chi connectivity index (χ3n) is 6.63. The smallest absolute Gasteiger partial charge is 0.173 e. The molecule has 1 saturated heterocycles. The highest BCUT2D eigenvalue weighted by molar-refractivity contribution is 5.33. The van der Waals surface area contributed by atoms with Gasteiger partial charge in [0.15, 0.2) is 5.82 Å². The van der Waals surface area contributed by atoms with E-state index >= 15 is 0 Å². The summed E-state index contributed by atoms with van der Waals surface area (Å²) in [6.45, 7) is 4.90. The number of hydrogen-bond acceptors (Lipinski definition) is 7. The zero-order valence-electron chi connectivity index (χ0n) is 17.8. The van der Waals surface area contributed by atoms with E-state index in [0.717, 1.165) is 43.5 Å². The number of nitrogens with two attached hydrogens (primary N) is 1. The average Bonchev–Trinajstić information content (AvgIpc) is 3.06. The number of hydrogen-bond donors (Lipinski definition) is 1. The van der Waals surface area contributed by atoms with Gasteiger partial charge in [0.2, 0.25) is 0 Å². The number of aromatic nitrogens is 5. The lowest BCUT2D eigenvalue weighted by molar-refractivity contribution is 0.127. The van der Waals surface area contributed by atoms with Gasteiger partial charge < -0.3 is 5.73 Å². The highest BCUT2D eigenvalue weighted by Gasteiger charge is 2.32. The number of pyridine rings is 1. The minimum Gasteiger partial charge on any atom is -0.384 e. The van der Waals surface area contributed by atoms with Gasteiger partial charge in [-0.25, -0.2) is 9.67 Å². The summed E-state index contributed by atoms with van der Waals surface area (Å²) in [5.74, 6) is 1.38. The molecule has 0 spiro atoms. The summed E-state index contributed by atoms with van der Waals surface area (Å²) >= 11 is 0. The molecule has 2 N–H and O–H groups in total. The molecular weight excluding hydrogens is 388 g/mol. The number of anilines is 1. The maximum Gasteiger partial charge on any atom is 0.173 e. The molecule has 162 valence electrons. The molecule has 1 aliphatic carbocycles. The Kier molecular flexibility index (Phi) is 5.90. The molecule has 3 aromatic rings. The van der Waals surface area contributed by atoms with Crippen molar-refractivity contribution in [3.05, 3.63) is 65.6 Å². The predicted molar refractivity (Wildman–Crippen MR) is 119 cm³/mol. The Bertz CT molecular complexity index is 967. The molecule has 0 bridgehead atoms. The van der Waals surface area contributed by atoms with Crippen molar-refractivity contribution < 1.29 is 0 Å². The lowest BCUT2D eigenvalue weighted by Crippen LogP contribution is -2.42. The van der Waals surface area contributed by atoms with Crippen LogP contribution in [0.5, 0.6) is 0 Å². The molecule has 1 saturated carbocycles. The summed E-state index contributed by atoms with van der Waals surface area (Å²) in [7, 11) is 0. The van der Waals surface area contributed by atoms with Crippen LogP contribution in [0.15, 0.2) is 48.7 Å². The molecule has 5 rings (SSSR count). The number of nitrogens with zero attached hydrogens (tertiary/aromatic N) is 7. The van der Waals surface area contributed by atoms with Gasteiger partial charge in [-0.1, -0.05) is 42.8 Å². The van der Waals surface area contributed by atoms with E-state index < -0.39 is 0 Å². The van der Waals surface area contributed by atoms with Crippen LogP contribution in [0.3, 0.4) is 0 Å². The Labute approximate surface area is 183 Å². The monoisotopic (exact) mass is 418 g/mol. The Morgan fingerprint density at radius 1 is 0.968 bits per heavy atom. The SMILES string of the molecule is Nc1ccc(C(c2nnnn2Cc2ccccc2)N2CCCN(C3CCC3)CC2)cn1. The first-order valence-corrected chi connectivity index (χ1v) is 11.3. The van der Waals surface area contributed by atoms with Gasteiger partial charge in [0, 0.05) is 31.9 Å². The Hall–Kier alpha value is -2.84. The Balaban J connectivity index is 1.44. The summed E-state index contributed by atoms with van der Waals surface area (Å²) in [5, 5.41) is 12.9. The fourth-order valence-corrected chi connectivity index (χ4v) is 4.71. The minimum atomic E-state index is -0.0480. The second kappa shape index (κ2) is 9.11. The lowest BCUT2D eigenvalue weighted by Gasteiger charge is -2.37. The van der Waals surface area contributed by atoms with E-state index in [0.29, 0.717) is 12.4 Å². The molecule has 31 heavy (non-hydrogen) atoms.